The number of likely N-dealkylation sites (N-methyl/N-ethyl adjacent to an activating group) is 1. The van der Waals surface area contributed by atoms with Gasteiger partial charge in [-0.25, -0.2) is 0 Å². The molecule has 59 heavy (non-hydrogen) atoms. The summed E-state index contributed by atoms with van der Waals surface area (Å²) in [7, 11) is 3.25. The van der Waals surface area contributed by atoms with Crippen molar-refractivity contribution in [3.8, 4) is 0 Å². The summed E-state index contributed by atoms with van der Waals surface area (Å²) in [4.78, 5) is 30.9. The van der Waals surface area contributed by atoms with Crippen molar-refractivity contribution in [3.05, 3.63) is 0 Å². The van der Waals surface area contributed by atoms with Crippen LogP contribution in [0.25, 0.3) is 0 Å². The molecule has 3 aliphatic heterocycles. The van der Waals surface area contributed by atoms with Gasteiger partial charge in [-0.1, -0.05) is 34.6 Å². The van der Waals surface area contributed by atoms with Gasteiger partial charge in [0.2, 0.25) is 0 Å². The number of esters is 1. The molecular formula is C44H85NO12Si2. The number of ketones is 1. The molecule has 346 valence electrons. The predicted octanol–water partition coefficient (Wildman–Crippen LogP) is 7.04. The Morgan fingerprint density at radius 3 is 1.83 bits per heavy atom. The average molecular weight is 876 g/mol. The van der Waals surface area contributed by atoms with E-state index in [1.807, 2.05) is 76.4 Å². The van der Waals surface area contributed by atoms with Crippen molar-refractivity contribution in [2.75, 3.05) is 28.3 Å². The van der Waals surface area contributed by atoms with E-state index in [1.54, 1.807) is 21.1 Å². The number of cyclic esters (lactones) is 1. The zero-order valence-corrected chi connectivity index (χ0v) is 42.5. The van der Waals surface area contributed by atoms with Gasteiger partial charge in [-0.3, -0.25) is 9.59 Å². The van der Waals surface area contributed by atoms with Gasteiger partial charge in [-0.15, -0.1) is 0 Å². The van der Waals surface area contributed by atoms with Gasteiger partial charge < -0.3 is 52.0 Å². The lowest BCUT2D eigenvalue weighted by Crippen LogP contribution is -2.62. The summed E-state index contributed by atoms with van der Waals surface area (Å²) in [6, 6.07) is -0.00924. The molecule has 2 unspecified atom stereocenters. The number of nitrogens with zero attached hydrogens (tertiary/aromatic N) is 1. The molecule has 0 aromatic heterocycles. The minimum atomic E-state index is -2.14. The molecule has 1 N–H and O–H groups in total. The second-order valence-electron chi connectivity index (χ2n) is 20.8. The van der Waals surface area contributed by atoms with Crippen LogP contribution in [0.2, 0.25) is 39.3 Å². The van der Waals surface area contributed by atoms with Crippen LogP contribution in [0.3, 0.4) is 0 Å². The first kappa shape index (κ1) is 52.5. The quantitative estimate of drug-likeness (QED) is 0.159. The molecule has 3 fully saturated rings. The van der Waals surface area contributed by atoms with Crippen molar-refractivity contribution in [1.82, 2.24) is 4.90 Å². The number of carbonyl (C=O) groups excluding carboxylic acids is 2. The van der Waals surface area contributed by atoms with Gasteiger partial charge >= 0.3 is 5.97 Å². The third-order valence-electron chi connectivity index (χ3n) is 13.1. The van der Waals surface area contributed by atoms with E-state index in [2.05, 4.69) is 44.2 Å². The van der Waals surface area contributed by atoms with E-state index >= 15 is 0 Å². The largest absolute Gasteiger partial charge is 0.462 e. The van der Waals surface area contributed by atoms with E-state index in [-0.39, 0.29) is 30.5 Å². The number of aliphatic hydroxyl groups excluding tert-OH is 1. The molecule has 0 aromatic carbocycles. The van der Waals surface area contributed by atoms with Crippen LogP contribution in [-0.2, 0) is 51.6 Å². The van der Waals surface area contributed by atoms with Crippen LogP contribution in [0.15, 0.2) is 0 Å². The molecular weight excluding hydrogens is 791 g/mol. The lowest BCUT2D eigenvalue weighted by atomic mass is 9.74. The Kier molecular flexibility index (Phi) is 18.5. The molecule has 3 heterocycles. The topological polar surface area (TPSA) is 141 Å². The van der Waals surface area contributed by atoms with E-state index < -0.39 is 113 Å². The number of ether oxygens (including phenoxy) is 7. The normalized spacial score (nSPS) is 44.0. The Bertz CT molecular complexity index is 1360. The molecule has 15 heteroatoms. The third kappa shape index (κ3) is 13.1. The maximum Gasteiger partial charge on any atom is 0.311 e. The molecule has 0 bridgehead atoms. The highest BCUT2D eigenvalue weighted by molar-refractivity contribution is 6.70. The zero-order chi connectivity index (χ0) is 45.2. The smallest absolute Gasteiger partial charge is 0.311 e. The summed E-state index contributed by atoms with van der Waals surface area (Å²) in [5.41, 5.74) is -1.88. The lowest BCUT2D eigenvalue weighted by molar-refractivity contribution is -0.316. The molecule has 0 saturated carbocycles. The molecule has 0 spiro atoms. The monoisotopic (exact) mass is 876 g/mol. The highest BCUT2D eigenvalue weighted by Gasteiger charge is 2.54. The molecule has 0 radical (unpaired) electrons. The minimum absolute atomic E-state index is 0.00924. The van der Waals surface area contributed by atoms with Crippen LogP contribution >= 0.6 is 0 Å². The number of carbonyl (C=O) groups is 2. The molecule has 0 aliphatic carbocycles. The van der Waals surface area contributed by atoms with E-state index in [4.69, 9.17) is 42.0 Å². The minimum Gasteiger partial charge on any atom is -0.462 e. The third-order valence-corrected chi connectivity index (χ3v) is 15.1. The Labute approximate surface area is 359 Å². The van der Waals surface area contributed by atoms with Crippen molar-refractivity contribution in [2.45, 2.75) is 213 Å². The van der Waals surface area contributed by atoms with Gasteiger partial charge in [0, 0.05) is 50.4 Å². The Balaban J connectivity index is 2.27. The standard InChI is InChI=1S/C44H85NO12Si2/c1-21-33-27(4)36(47)28(5)35(46)25(2)23-43(9,49-13)39(55-42-38(56-58(15,16)17)32(45(11)12)22-26(3)51-42)29(6)37(30(7)41(48)53-33)54-34-24-44(10,50-14)40(31(8)52-34)57-59(18,19)20/h25-34,36-40,42,47H,21-24H2,1-20H3/t25-,26-,27+,28+,29+,30-,31+,32+,33?,34+,36+,37?,38-,39-,40+,42+,43-,44-/m1/s1. The Hall–Kier alpha value is -0.826. The fraction of sp³-hybridized carbons (Fsp3) is 0.955. The van der Waals surface area contributed by atoms with Crippen LogP contribution in [0.1, 0.15) is 94.9 Å². The van der Waals surface area contributed by atoms with Gasteiger partial charge in [-0.05, 0) is 107 Å². The number of methoxy groups -OCH3 is 2. The van der Waals surface area contributed by atoms with Gasteiger partial charge in [0.05, 0.1) is 53.7 Å². The Morgan fingerprint density at radius 2 is 1.32 bits per heavy atom. The van der Waals surface area contributed by atoms with E-state index in [0.717, 1.165) is 6.42 Å². The van der Waals surface area contributed by atoms with Crippen molar-refractivity contribution >= 4 is 28.4 Å². The first-order valence-electron chi connectivity index (χ1n) is 22.2. The molecule has 0 amide bonds. The van der Waals surface area contributed by atoms with Crippen molar-refractivity contribution < 1.29 is 56.7 Å². The summed E-state index contributed by atoms with van der Waals surface area (Å²) in [5, 5.41) is 11.6. The highest BCUT2D eigenvalue weighted by atomic mass is 28.4. The van der Waals surface area contributed by atoms with Gasteiger partial charge in [0.15, 0.2) is 29.2 Å². The number of Topliss-reactive ketones (excluding diaryl/α,β-unsaturated/α-hetero) is 1. The summed E-state index contributed by atoms with van der Waals surface area (Å²) >= 11 is 0. The SMILES string of the molecule is CCC1OC(=O)[C@H](C)C(O[C@H]2C[C@@](C)(OC)[C@@H](O[Si](C)(C)C)[C@H](C)O2)[C@H](C)[C@@H](O[C@@H]2O[C@H](C)C[C@H](N(C)C)[C@H]2O[Si](C)(C)C)[C@](C)(OC)C[C@@H](C)C(=O)[C@H](C)[C@@H](O)[C@H]1C. The molecule has 3 rings (SSSR count). The second kappa shape index (κ2) is 20.8. The van der Waals surface area contributed by atoms with Gasteiger partial charge in [-0.2, -0.15) is 0 Å². The van der Waals surface area contributed by atoms with E-state index in [0.29, 0.717) is 12.8 Å². The highest BCUT2D eigenvalue weighted by Crippen LogP contribution is 2.43. The summed E-state index contributed by atoms with van der Waals surface area (Å²) in [6.07, 6.45) is -4.45. The van der Waals surface area contributed by atoms with Crippen LogP contribution in [0.4, 0.5) is 0 Å². The van der Waals surface area contributed by atoms with E-state index in [9.17, 15) is 14.7 Å². The summed E-state index contributed by atoms with van der Waals surface area (Å²) < 4.78 is 60.3. The Morgan fingerprint density at radius 1 is 0.763 bits per heavy atom. The zero-order valence-electron chi connectivity index (χ0n) is 40.5. The van der Waals surface area contributed by atoms with Gasteiger partial charge in [0.1, 0.15) is 18.0 Å². The lowest BCUT2D eigenvalue weighted by Gasteiger charge is -2.51. The number of aliphatic hydroxyl groups is 1. The number of rotatable bonds is 12. The van der Waals surface area contributed by atoms with Crippen molar-refractivity contribution in [2.24, 2.45) is 29.6 Å². The first-order valence-corrected chi connectivity index (χ1v) is 29.0. The predicted molar refractivity (Wildman–Crippen MR) is 234 cm³/mol. The molecule has 13 nitrogen and oxygen atoms in total. The summed E-state index contributed by atoms with van der Waals surface area (Å²) in [6.45, 7) is 32.1. The molecule has 3 saturated heterocycles. The number of hydrogen-bond acceptors (Lipinski definition) is 13. The first-order chi connectivity index (χ1) is 27.0. The maximum atomic E-state index is 14.5. The summed E-state index contributed by atoms with van der Waals surface area (Å²) in [5.74, 6) is -3.72. The van der Waals surface area contributed by atoms with Crippen LogP contribution in [0, 0.1) is 29.6 Å². The fourth-order valence-electron chi connectivity index (χ4n) is 9.64. The van der Waals surface area contributed by atoms with Crippen molar-refractivity contribution in [3.63, 3.8) is 0 Å². The van der Waals surface area contributed by atoms with E-state index in [1.165, 1.54) is 0 Å². The number of hydrogen-bond donors (Lipinski definition) is 1. The fourth-order valence-corrected chi connectivity index (χ4v) is 11.9. The van der Waals surface area contributed by atoms with Crippen LogP contribution in [0.5, 0.6) is 0 Å². The molecule has 0 aromatic rings. The average Bonchev–Trinajstić information content (AvgIpc) is 3.13. The second-order valence-corrected chi connectivity index (χ2v) is 29.7. The maximum absolute atomic E-state index is 14.5. The van der Waals surface area contributed by atoms with Crippen molar-refractivity contribution in [1.29, 1.82) is 0 Å². The molecule has 18 atom stereocenters. The van der Waals surface area contributed by atoms with Crippen LogP contribution in [-0.4, -0.2) is 145 Å². The van der Waals surface area contributed by atoms with Gasteiger partial charge in [0.25, 0.3) is 0 Å². The molecule has 3 aliphatic rings. The van der Waals surface area contributed by atoms with Crippen LogP contribution < -0.4 is 0 Å².